The Labute approximate surface area is 137 Å². The van der Waals surface area contributed by atoms with Crippen LogP contribution in [0.4, 0.5) is 11.4 Å². The molecule has 3 rings (SSSR count). The zero-order valence-electron chi connectivity index (χ0n) is 12.7. The lowest BCUT2D eigenvalue weighted by Gasteiger charge is -2.21. The number of amides is 1. The molecule has 0 radical (unpaired) electrons. The van der Waals surface area contributed by atoms with Crippen molar-refractivity contribution in [2.75, 3.05) is 18.6 Å². The molecule has 0 bridgehead atoms. The van der Waals surface area contributed by atoms with E-state index in [0.29, 0.717) is 12.1 Å². The van der Waals surface area contributed by atoms with E-state index in [4.69, 9.17) is 4.74 Å². The average molecular weight is 332 g/mol. The number of thiophene rings is 1. The summed E-state index contributed by atoms with van der Waals surface area (Å²) in [6.07, 6.45) is 2.98. The number of carbonyl (C=O) groups excluding carboxylic acids is 1. The van der Waals surface area contributed by atoms with Gasteiger partial charge in [-0.2, -0.15) is 0 Å². The smallest absolute Gasteiger partial charge is 0.310 e. The average Bonchev–Trinajstić information content (AvgIpc) is 2.93. The van der Waals surface area contributed by atoms with E-state index >= 15 is 0 Å². The normalized spacial score (nSPS) is 14.0. The fraction of sp³-hybridized carbons (Fsp3) is 0.312. The minimum absolute atomic E-state index is 0.0983. The highest BCUT2D eigenvalue weighted by molar-refractivity contribution is 7.10. The summed E-state index contributed by atoms with van der Waals surface area (Å²) in [6.45, 7) is 0.655. The molecule has 0 saturated carbocycles. The molecule has 120 valence electrons. The highest BCUT2D eigenvalue weighted by Gasteiger charge is 2.25. The van der Waals surface area contributed by atoms with Gasteiger partial charge < -0.3 is 9.64 Å². The fourth-order valence-corrected chi connectivity index (χ4v) is 3.69. The van der Waals surface area contributed by atoms with Crippen LogP contribution >= 0.6 is 11.3 Å². The number of nitro groups is 1. The van der Waals surface area contributed by atoms with Crippen molar-refractivity contribution in [1.29, 1.82) is 0 Å². The monoisotopic (exact) mass is 332 g/mol. The minimum atomic E-state index is -0.518. The zero-order valence-corrected chi connectivity index (χ0v) is 13.5. The van der Waals surface area contributed by atoms with Crippen LogP contribution in [0, 0.1) is 10.1 Å². The van der Waals surface area contributed by atoms with Crippen molar-refractivity contribution in [2.45, 2.75) is 19.3 Å². The molecule has 1 aromatic heterocycles. The van der Waals surface area contributed by atoms with Crippen LogP contribution in [-0.4, -0.2) is 24.5 Å². The van der Waals surface area contributed by atoms with E-state index in [9.17, 15) is 14.9 Å². The van der Waals surface area contributed by atoms with Gasteiger partial charge in [-0.05, 0) is 36.8 Å². The number of fused-ring (bicyclic) bond motifs is 1. The number of rotatable bonds is 3. The van der Waals surface area contributed by atoms with E-state index in [2.05, 4.69) is 0 Å². The molecule has 0 saturated heterocycles. The van der Waals surface area contributed by atoms with Gasteiger partial charge in [0.05, 0.1) is 17.7 Å². The fourth-order valence-electron chi connectivity index (χ4n) is 2.77. The highest BCUT2D eigenvalue weighted by atomic mass is 32.1. The second-order valence-electron chi connectivity index (χ2n) is 5.29. The number of nitro benzene ring substituents is 1. The Morgan fingerprint density at radius 2 is 2.17 bits per heavy atom. The summed E-state index contributed by atoms with van der Waals surface area (Å²) < 4.78 is 5.05. The van der Waals surface area contributed by atoms with Crippen molar-refractivity contribution in [3.63, 3.8) is 0 Å². The van der Waals surface area contributed by atoms with E-state index in [1.807, 2.05) is 11.4 Å². The number of aryl methyl sites for hydroxylation is 1. The SMILES string of the molecule is COc1cc(C(=O)N2CCCCc3sccc32)ccc1[N+](=O)[O-]. The van der Waals surface area contributed by atoms with Crippen molar-refractivity contribution in [3.8, 4) is 5.75 Å². The van der Waals surface area contributed by atoms with Crippen LogP contribution in [0.3, 0.4) is 0 Å². The Balaban J connectivity index is 1.96. The van der Waals surface area contributed by atoms with Crippen molar-refractivity contribution in [1.82, 2.24) is 0 Å². The molecule has 0 atom stereocenters. The standard InChI is InChI=1S/C16H16N2O4S/c1-22-14-10-11(5-6-12(14)18(20)21)16(19)17-8-3-2-4-15-13(17)7-9-23-15/h5-7,9-10H,2-4,8H2,1H3. The van der Waals surface area contributed by atoms with Gasteiger partial charge in [0.2, 0.25) is 0 Å². The maximum absolute atomic E-state index is 12.9. The molecule has 0 N–H and O–H groups in total. The Morgan fingerprint density at radius 3 is 2.91 bits per heavy atom. The quantitative estimate of drug-likeness (QED) is 0.635. The van der Waals surface area contributed by atoms with Gasteiger partial charge in [-0.25, -0.2) is 0 Å². The van der Waals surface area contributed by atoms with Gasteiger partial charge in [-0.1, -0.05) is 0 Å². The summed E-state index contributed by atoms with van der Waals surface area (Å²) in [6, 6.07) is 6.21. The lowest BCUT2D eigenvalue weighted by molar-refractivity contribution is -0.385. The maximum atomic E-state index is 12.9. The second kappa shape index (κ2) is 6.37. The summed E-state index contributed by atoms with van der Waals surface area (Å²) in [5, 5.41) is 13.0. The summed E-state index contributed by atoms with van der Waals surface area (Å²) >= 11 is 1.66. The molecule has 0 fully saturated rings. The third-order valence-corrected chi connectivity index (χ3v) is 4.89. The molecule has 1 aliphatic rings. The first-order valence-electron chi connectivity index (χ1n) is 7.32. The van der Waals surface area contributed by atoms with Crippen LogP contribution in [0.25, 0.3) is 0 Å². The Hall–Kier alpha value is -2.41. The first kappa shape index (κ1) is 15.5. The van der Waals surface area contributed by atoms with Gasteiger partial charge in [0.25, 0.3) is 5.91 Å². The number of benzene rings is 1. The summed E-state index contributed by atoms with van der Waals surface area (Å²) in [7, 11) is 1.36. The van der Waals surface area contributed by atoms with E-state index in [0.717, 1.165) is 24.9 Å². The van der Waals surface area contributed by atoms with Crippen molar-refractivity contribution >= 4 is 28.6 Å². The van der Waals surface area contributed by atoms with E-state index in [1.54, 1.807) is 16.2 Å². The van der Waals surface area contributed by atoms with Gasteiger partial charge in [-0.15, -0.1) is 11.3 Å². The molecule has 1 amide bonds. The molecule has 0 spiro atoms. The maximum Gasteiger partial charge on any atom is 0.310 e. The van der Waals surface area contributed by atoms with Gasteiger partial charge in [0.15, 0.2) is 5.75 Å². The van der Waals surface area contributed by atoms with Crippen molar-refractivity contribution in [3.05, 3.63) is 50.2 Å². The van der Waals surface area contributed by atoms with Gasteiger partial charge in [0.1, 0.15) is 0 Å². The Bertz CT molecular complexity index is 756. The Morgan fingerprint density at radius 1 is 1.35 bits per heavy atom. The molecule has 23 heavy (non-hydrogen) atoms. The van der Waals surface area contributed by atoms with Crippen molar-refractivity contribution < 1.29 is 14.5 Å². The van der Waals surface area contributed by atoms with Crippen LogP contribution in [0.15, 0.2) is 29.6 Å². The highest BCUT2D eigenvalue weighted by Crippen LogP contribution is 2.33. The number of nitrogens with zero attached hydrogens (tertiary/aromatic N) is 2. The molecule has 0 unspecified atom stereocenters. The van der Waals surface area contributed by atoms with E-state index < -0.39 is 4.92 Å². The lowest BCUT2D eigenvalue weighted by Crippen LogP contribution is -2.31. The summed E-state index contributed by atoms with van der Waals surface area (Å²) in [5.74, 6) is -0.0547. The second-order valence-corrected chi connectivity index (χ2v) is 6.29. The molecule has 1 aliphatic heterocycles. The third-order valence-electron chi connectivity index (χ3n) is 3.92. The lowest BCUT2D eigenvalue weighted by atomic mass is 10.1. The van der Waals surface area contributed by atoms with Crippen LogP contribution in [0.1, 0.15) is 28.1 Å². The number of ether oxygens (including phenoxy) is 1. The largest absolute Gasteiger partial charge is 0.490 e. The zero-order chi connectivity index (χ0) is 16.4. The summed E-state index contributed by atoms with van der Waals surface area (Å²) in [5.41, 5.74) is 1.21. The Kier molecular flexibility index (Phi) is 4.29. The molecule has 2 heterocycles. The van der Waals surface area contributed by atoms with Gasteiger partial charge >= 0.3 is 5.69 Å². The number of hydrogen-bond acceptors (Lipinski definition) is 5. The van der Waals surface area contributed by atoms with Crippen molar-refractivity contribution in [2.24, 2.45) is 0 Å². The number of carbonyl (C=O) groups is 1. The summed E-state index contributed by atoms with van der Waals surface area (Å²) in [4.78, 5) is 26.3. The molecule has 7 heteroatoms. The van der Waals surface area contributed by atoms with Crippen LogP contribution in [0.2, 0.25) is 0 Å². The first-order chi connectivity index (χ1) is 11.1. The van der Waals surface area contributed by atoms with Gasteiger partial charge in [-0.3, -0.25) is 14.9 Å². The molecule has 6 nitrogen and oxygen atoms in total. The number of anilines is 1. The first-order valence-corrected chi connectivity index (χ1v) is 8.20. The molecular formula is C16H16N2O4S. The van der Waals surface area contributed by atoms with Crippen LogP contribution < -0.4 is 9.64 Å². The molecule has 1 aromatic carbocycles. The molecule has 2 aromatic rings. The van der Waals surface area contributed by atoms with Crippen LogP contribution in [-0.2, 0) is 6.42 Å². The van der Waals surface area contributed by atoms with Crippen LogP contribution in [0.5, 0.6) is 5.75 Å². The minimum Gasteiger partial charge on any atom is -0.490 e. The predicted molar refractivity (Wildman–Crippen MR) is 88.6 cm³/mol. The van der Waals surface area contributed by atoms with Gasteiger partial charge in [0, 0.05) is 29.1 Å². The van der Waals surface area contributed by atoms with E-state index in [-0.39, 0.29) is 17.3 Å². The molecular weight excluding hydrogens is 316 g/mol. The number of methoxy groups -OCH3 is 1. The van der Waals surface area contributed by atoms with E-state index in [1.165, 1.54) is 30.2 Å². The predicted octanol–water partition coefficient (Wildman–Crippen LogP) is 3.65. The topological polar surface area (TPSA) is 72.7 Å². The molecule has 0 aliphatic carbocycles. The number of hydrogen-bond donors (Lipinski definition) is 0. The third kappa shape index (κ3) is 2.92.